The van der Waals surface area contributed by atoms with Gasteiger partial charge in [0.05, 0.1) is 25.3 Å². The Morgan fingerprint density at radius 3 is 2.71 bits per heavy atom. The highest BCUT2D eigenvalue weighted by molar-refractivity contribution is 6.06. The first-order valence-electron chi connectivity index (χ1n) is 11.4. The first-order chi connectivity index (χ1) is 16.3. The highest BCUT2D eigenvalue weighted by atomic mass is 16.7. The number of amides is 1. The number of carbonyl (C=O) groups excluding carboxylic acids is 1. The smallest absolute Gasteiger partial charge is 0.259 e. The number of hydrogen-bond donors (Lipinski definition) is 1. The molecule has 2 heterocycles. The molecule has 1 atom stereocenters. The van der Waals surface area contributed by atoms with Crippen LogP contribution in [0.3, 0.4) is 0 Å². The van der Waals surface area contributed by atoms with Gasteiger partial charge in [-0.3, -0.25) is 9.78 Å². The van der Waals surface area contributed by atoms with E-state index in [9.17, 15) is 4.79 Å². The molecule has 176 valence electrons. The molecule has 0 saturated heterocycles. The van der Waals surface area contributed by atoms with Crippen LogP contribution < -0.4 is 10.1 Å². The van der Waals surface area contributed by atoms with Crippen molar-refractivity contribution in [2.24, 2.45) is 0 Å². The highest BCUT2D eigenvalue weighted by Gasteiger charge is 2.26. The Bertz CT molecular complexity index is 1200. The summed E-state index contributed by atoms with van der Waals surface area (Å²) >= 11 is 0. The van der Waals surface area contributed by atoms with Gasteiger partial charge in [-0.25, -0.2) is 0 Å². The van der Waals surface area contributed by atoms with Crippen molar-refractivity contribution in [3.05, 3.63) is 101 Å². The van der Waals surface area contributed by atoms with Crippen LogP contribution >= 0.6 is 0 Å². The van der Waals surface area contributed by atoms with Crippen molar-refractivity contribution in [1.29, 1.82) is 0 Å². The van der Waals surface area contributed by atoms with Crippen LogP contribution in [0.5, 0.6) is 5.75 Å². The number of carbonyl (C=O) groups is 1. The Morgan fingerprint density at radius 2 is 2.00 bits per heavy atom. The average molecular weight is 458 g/mol. The van der Waals surface area contributed by atoms with E-state index in [2.05, 4.69) is 38.0 Å². The molecule has 0 radical (unpaired) electrons. The maximum absolute atomic E-state index is 13.2. The second-order valence-electron chi connectivity index (χ2n) is 9.51. The summed E-state index contributed by atoms with van der Waals surface area (Å²) in [6.45, 7) is 9.02. The van der Waals surface area contributed by atoms with E-state index in [1.807, 2.05) is 65.9 Å². The van der Waals surface area contributed by atoms with E-state index in [1.54, 1.807) is 19.6 Å². The van der Waals surface area contributed by atoms with Crippen molar-refractivity contribution in [2.75, 3.05) is 12.4 Å². The minimum atomic E-state index is -0.205. The molecular weight excluding hydrogens is 426 g/mol. The van der Waals surface area contributed by atoms with Crippen LogP contribution in [0.4, 0.5) is 5.69 Å². The maximum Gasteiger partial charge on any atom is 0.259 e. The van der Waals surface area contributed by atoms with Crippen LogP contribution in [-0.4, -0.2) is 23.1 Å². The van der Waals surface area contributed by atoms with Crippen molar-refractivity contribution >= 4 is 11.6 Å². The van der Waals surface area contributed by atoms with Crippen molar-refractivity contribution in [3.63, 3.8) is 0 Å². The van der Waals surface area contributed by atoms with E-state index < -0.39 is 0 Å². The number of hydroxylamine groups is 2. The number of methoxy groups -OCH3 is 1. The Kier molecular flexibility index (Phi) is 6.70. The zero-order chi connectivity index (χ0) is 24.3. The monoisotopic (exact) mass is 457 g/mol. The van der Waals surface area contributed by atoms with Gasteiger partial charge in [-0.05, 0) is 71.0 Å². The lowest BCUT2D eigenvalue weighted by molar-refractivity contribution is -0.113. The molecule has 0 aliphatic carbocycles. The molecule has 2 aromatic carbocycles. The molecule has 1 N–H and O–H groups in total. The number of pyridine rings is 1. The van der Waals surface area contributed by atoms with E-state index in [0.717, 1.165) is 27.9 Å². The third-order valence-corrected chi connectivity index (χ3v) is 5.99. The Morgan fingerprint density at radius 1 is 1.18 bits per heavy atom. The minimum absolute atomic E-state index is 0.0733. The number of ether oxygens (including phenoxy) is 1. The van der Waals surface area contributed by atoms with Crippen LogP contribution in [-0.2, 0) is 16.8 Å². The van der Waals surface area contributed by atoms with Gasteiger partial charge < -0.3 is 14.9 Å². The van der Waals surface area contributed by atoms with Crippen LogP contribution in [0.15, 0.2) is 73.3 Å². The van der Waals surface area contributed by atoms with Crippen molar-refractivity contribution in [2.45, 2.75) is 45.7 Å². The molecule has 6 heteroatoms. The van der Waals surface area contributed by atoms with Crippen LogP contribution in [0.2, 0.25) is 0 Å². The summed E-state index contributed by atoms with van der Waals surface area (Å²) < 4.78 is 5.47. The third-order valence-electron chi connectivity index (χ3n) is 5.99. The van der Waals surface area contributed by atoms with E-state index in [1.165, 1.54) is 0 Å². The first-order valence-corrected chi connectivity index (χ1v) is 11.4. The number of nitrogens with zero attached hydrogens (tertiary/aromatic N) is 2. The summed E-state index contributed by atoms with van der Waals surface area (Å²) in [7, 11) is 1.58. The van der Waals surface area contributed by atoms with Gasteiger partial charge in [0.15, 0.2) is 0 Å². The molecule has 1 unspecified atom stereocenters. The number of nitrogens with one attached hydrogen (secondary N) is 1. The lowest BCUT2D eigenvalue weighted by atomic mass is 9.86. The summed E-state index contributed by atoms with van der Waals surface area (Å²) in [6.07, 6.45) is 7.31. The van der Waals surface area contributed by atoms with Gasteiger partial charge in [0.25, 0.3) is 5.91 Å². The zero-order valence-electron chi connectivity index (χ0n) is 20.3. The normalized spacial score (nSPS) is 15.7. The lowest BCUT2D eigenvalue weighted by Crippen LogP contribution is -2.23. The second-order valence-corrected chi connectivity index (χ2v) is 9.51. The lowest BCUT2D eigenvalue weighted by Gasteiger charge is -2.24. The van der Waals surface area contributed by atoms with Gasteiger partial charge in [-0.1, -0.05) is 39.0 Å². The molecule has 1 aliphatic rings. The predicted octanol–water partition coefficient (Wildman–Crippen LogP) is 5.95. The number of aryl methyl sites for hydroxylation is 1. The zero-order valence-corrected chi connectivity index (χ0v) is 20.3. The van der Waals surface area contributed by atoms with E-state index in [0.29, 0.717) is 17.9 Å². The summed E-state index contributed by atoms with van der Waals surface area (Å²) in [5, 5.41) is 4.96. The molecule has 1 aliphatic heterocycles. The number of anilines is 1. The topological polar surface area (TPSA) is 63.7 Å². The predicted molar refractivity (Wildman–Crippen MR) is 134 cm³/mol. The van der Waals surface area contributed by atoms with Crippen molar-refractivity contribution in [3.8, 4) is 5.75 Å². The average Bonchev–Trinajstić information content (AvgIpc) is 3.27. The fraction of sp³-hybridized carbons (Fsp3) is 0.286. The van der Waals surface area contributed by atoms with Gasteiger partial charge in [0.1, 0.15) is 12.0 Å². The van der Waals surface area contributed by atoms with Gasteiger partial charge in [0.2, 0.25) is 0 Å². The summed E-state index contributed by atoms with van der Waals surface area (Å²) in [5.74, 6) is 0.343. The Hall–Kier alpha value is -3.64. The number of rotatable bonds is 6. The Labute approximate surface area is 201 Å². The standard InChI is InChI=1S/C28H31N3O3/c1-19-8-10-22(30-27(32)24-15-21(28(2,3)4)9-11-26(24)33-5)16-23(19)25-12-14-34-31(25)18-20-7-6-13-29-17-20/h6-17,25H,18H2,1-5H3,(H,30,32). The van der Waals surface area contributed by atoms with E-state index >= 15 is 0 Å². The molecule has 0 fully saturated rings. The number of benzene rings is 2. The minimum Gasteiger partial charge on any atom is -0.496 e. The first kappa shape index (κ1) is 23.5. The van der Waals surface area contributed by atoms with Gasteiger partial charge in [0, 0.05) is 18.1 Å². The molecule has 34 heavy (non-hydrogen) atoms. The van der Waals surface area contributed by atoms with Gasteiger partial charge >= 0.3 is 0 Å². The third kappa shape index (κ3) is 5.13. The molecule has 0 saturated carbocycles. The molecule has 1 amide bonds. The van der Waals surface area contributed by atoms with Crippen LogP contribution in [0.1, 0.15) is 59.4 Å². The maximum atomic E-state index is 13.2. The molecule has 3 aromatic rings. The molecular formula is C28H31N3O3. The van der Waals surface area contributed by atoms with E-state index in [4.69, 9.17) is 9.57 Å². The highest BCUT2D eigenvalue weighted by Crippen LogP contribution is 2.33. The quantitative estimate of drug-likeness (QED) is 0.495. The summed E-state index contributed by atoms with van der Waals surface area (Å²) in [4.78, 5) is 23.2. The summed E-state index contributed by atoms with van der Waals surface area (Å²) in [6, 6.07) is 15.6. The van der Waals surface area contributed by atoms with Crippen molar-refractivity contribution in [1.82, 2.24) is 10.0 Å². The van der Waals surface area contributed by atoms with E-state index in [-0.39, 0.29) is 17.4 Å². The number of aromatic nitrogens is 1. The van der Waals surface area contributed by atoms with Gasteiger partial charge in [-0.15, -0.1) is 5.06 Å². The van der Waals surface area contributed by atoms with Crippen LogP contribution in [0, 0.1) is 6.92 Å². The number of hydrogen-bond acceptors (Lipinski definition) is 5. The SMILES string of the molecule is COc1ccc(C(C)(C)C)cc1C(=O)Nc1ccc(C)c(C2C=CON2Cc2cccnc2)c1. The molecule has 4 rings (SSSR count). The largest absolute Gasteiger partial charge is 0.496 e. The summed E-state index contributed by atoms with van der Waals surface area (Å²) in [5.41, 5.74) is 5.46. The molecule has 6 nitrogen and oxygen atoms in total. The fourth-order valence-corrected chi connectivity index (χ4v) is 4.00. The molecule has 1 aromatic heterocycles. The fourth-order valence-electron chi connectivity index (χ4n) is 4.00. The van der Waals surface area contributed by atoms with Crippen LogP contribution in [0.25, 0.3) is 0 Å². The van der Waals surface area contributed by atoms with Gasteiger partial charge in [-0.2, -0.15) is 0 Å². The second kappa shape index (κ2) is 9.69. The molecule has 0 spiro atoms. The Balaban J connectivity index is 1.58. The molecule has 0 bridgehead atoms. The van der Waals surface area contributed by atoms with Crippen molar-refractivity contribution < 1.29 is 14.4 Å².